The minimum atomic E-state index is -0.595. The molecule has 150 valence electrons. The maximum atomic E-state index is 13.8. The largest absolute Gasteiger partial charge is 0.357 e. The van der Waals surface area contributed by atoms with Crippen LogP contribution in [0.15, 0.2) is 55.0 Å². The summed E-state index contributed by atoms with van der Waals surface area (Å²) in [7, 11) is 1.83. The summed E-state index contributed by atoms with van der Waals surface area (Å²) in [5.41, 5.74) is 1.19. The zero-order valence-electron chi connectivity index (χ0n) is 16.2. The van der Waals surface area contributed by atoms with Gasteiger partial charge in [-0.15, -0.1) is 0 Å². The van der Waals surface area contributed by atoms with E-state index in [0.29, 0.717) is 17.1 Å². The molecule has 0 bridgehead atoms. The molecule has 4 rings (SSSR count). The number of carbonyl (C=O) groups is 1. The molecule has 29 heavy (non-hydrogen) atoms. The van der Waals surface area contributed by atoms with Crippen molar-refractivity contribution in [3.8, 4) is 0 Å². The van der Waals surface area contributed by atoms with Gasteiger partial charge in [-0.05, 0) is 42.7 Å². The first-order valence-corrected chi connectivity index (χ1v) is 9.61. The SMILES string of the molecule is Cn1ccnc1C(NC(=O)Nc1ccc(N2CCCC2)nc1)c1cccc(F)c1. The van der Waals surface area contributed by atoms with Gasteiger partial charge in [0.1, 0.15) is 23.5 Å². The van der Waals surface area contributed by atoms with Crippen LogP contribution in [0.2, 0.25) is 0 Å². The van der Waals surface area contributed by atoms with Crippen molar-refractivity contribution >= 4 is 17.5 Å². The van der Waals surface area contributed by atoms with Gasteiger partial charge in [0.05, 0.1) is 11.9 Å². The minimum Gasteiger partial charge on any atom is -0.357 e. The van der Waals surface area contributed by atoms with Crippen molar-refractivity contribution in [2.24, 2.45) is 7.05 Å². The Hall–Kier alpha value is -3.42. The number of hydrogen-bond acceptors (Lipinski definition) is 4. The van der Waals surface area contributed by atoms with E-state index in [9.17, 15) is 9.18 Å². The van der Waals surface area contributed by atoms with Crippen LogP contribution in [0.1, 0.15) is 30.3 Å². The van der Waals surface area contributed by atoms with Gasteiger partial charge in [0.2, 0.25) is 0 Å². The highest BCUT2D eigenvalue weighted by atomic mass is 19.1. The van der Waals surface area contributed by atoms with Crippen LogP contribution in [-0.2, 0) is 7.05 Å². The summed E-state index contributed by atoms with van der Waals surface area (Å²) in [5, 5.41) is 5.68. The molecule has 1 unspecified atom stereocenters. The van der Waals surface area contributed by atoms with Crippen LogP contribution in [0.25, 0.3) is 0 Å². The molecule has 0 saturated carbocycles. The Labute approximate surface area is 168 Å². The maximum absolute atomic E-state index is 13.8. The van der Waals surface area contributed by atoms with Gasteiger partial charge < -0.3 is 20.1 Å². The predicted octanol–water partition coefficient (Wildman–Crippen LogP) is 3.47. The molecule has 8 heteroatoms. The number of pyridine rings is 1. The second-order valence-corrected chi connectivity index (χ2v) is 7.08. The lowest BCUT2D eigenvalue weighted by atomic mass is 10.1. The first-order chi connectivity index (χ1) is 14.1. The van der Waals surface area contributed by atoms with Gasteiger partial charge in [-0.25, -0.2) is 19.2 Å². The van der Waals surface area contributed by atoms with Crippen molar-refractivity contribution < 1.29 is 9.18 Å². The Morgan fingerprint density at radius 3 is 2.66 bits per heavy atom. The Morgan fingerprint density at radius 1 is 1.17 bits per heavy atom. The monoisotopic (exact) mass is 394 g/mol. The Kier molecular flexibility index (Phi) is 5.41. The number of rotatable bonds is 5. The van der Waals surface area contributed by atoms with E-state index in [1.807, 2.05) is 19.2 Å². The molecule has 1 fully saturated rings. The van der Waals surface area contributed by atoms with Crippen LogP contribution in [0.5, 0.6) is 0 Å². The molecule has 3 heterocycles. The molecule has 3 aromatic rings. The van der Waals surface area contributed by atoms with Gasteiger partial charge in [-0.2, -0.15) is 0 Å². The highest BCUT2D eigenvalue weighted by Gasteiger charge is 2.21. The Balaban J connectivity index is 1.48. The van der Waals surface area contributed by atoms with E-state index in [4.69, 9.17) is 0 Å². The highest BCUT2D eigenvalue weighted by molar-refractivity contribution is 5.89. The summed E-state index contributed by atoms with van der Waals surface area (Å²) in [4.78, 5) is 23.6. The van der Waals surface area contributed by atoms with E-state index in [0.717, 1.165) is 18.9 Å². The number of hydrogen-bond donors (Lipinski definition) is 2. The molecule has 2 N–H and O–H groups in total. The highest BCUT2D eigenvalue weighted by Crippen LogP contribution is 2.22. The van der Waals surface area contributed by atoms with Crippen LogP contribution in [0.4, 0.5) is 20.7 Å². The fourth-order valence-electron chi connectivity index (χ4n) is 3.53. The van der Waals surface area contributed by atoms with Crippen LogP contribution >= 0.6 is 0 Å². The number of urea groups is 1. The minimum absolute atomic E-state index is 0.370. The quantitative estimate of drug-likeness (QED) is 0.695. The van der Waals surface area contributed by atoms with Crippen molar-refractivity contribution in [2.75, 3.05) is 23.3 Å². The van der Waals surface area contributed by atoms with Gasteiger partial charge in [0.25, 0.3) is 0 Å². The van der Waals surface area contributed by atoms with Crippen molar-refractivity contribution in [1.82, 2.24) is 19.9 Å². The van der Waals surface area contributed by atoms with Gasteiger partial charge in [-0.1, -0.05) is 12.1 Å². The van der Waals surface area contributed by atoms with Gasteiger partial charge in [0, 0.05) is 32.5 Å². The summed E-state index contributed by atoms with van der Waals surface area (Å²) < 4.78 is 15.5. The standard InChI is InChI=1S/C21H23FN6O/c1-27-12-9-23-20(27)19(15-5-4-6-16(22)13-15)26-21(29)25-17-7-8-18(24-14-17)28-10-2-3-11-28/h4-9,12-14,19H,2-3,10-11H2,1H3,(H2,25,26,29). The number of nitrogens with one attached hydrogen (secondary N) is 2. The molecular weight excluding hydrogens is 371 g/mol. The molecule has 2 aromatic heterocycles. The van der Waals surface area contributed by atoms with Crippen LogP contribution in [-0.4, -0.2) is 33.7 Å². The number of aromatic nitrogens is 3. The van der Waals surface area contributed by atoms with Crippen molar-refractivity contribution in [2.45, 2.75) is 18.9 Å². The fourth-order valence-corrected chi connectivity index (χ4v) is 3.53. The van der Waals surface area contributed by atoms with Crippen LogP contribution in [0.3, 0.4) is 0 Å². The molecule has 7 nitrogen and oxygen atoms in total. The van der Waals surface area contributed by atoms with Crippen molar-refractivity contribution in [3.05, 3.63) is 72.2 Å². The third-order valence-electron chi connectivity index (χ3n) is 5.01. The fraction of sp³-hybridized carbons (Fsp3) is 0.286. The molecule has 2 amide bonds. The summed E-state index contributed by atoms with van der Waals surface area (Å²) in [6, 6.07) is 8.86. The van der Waals surface area contributed by atoms with Crippen molar-refractivity contribution in [1.29, 1.82) is 0 Å². The lowest BCUT2D eigenvalue weighted by Crippen LogP contribution is -2.34. The number of amides is 2. The molecule has 1 atom stereocenters. The third kappa shape index (κ3) is 4.37. The zero-order chi connectivity index (χ0) is 20.2. The smallest absolute Gasteiger partial charge is 0.320 e. The number of imidazole rings is 1. The van der Waals surface area contributed by atoms with Gasteiger partial charge in [-0.3, -0.25) is 0 Å². The number of carbonyl (C=O) groups excluding carboxylic acids is 1. The molecule has 0 spiro atoms. The number of halogens is 1. The molecule has 1 aromatic carbocycles. The molecule has 1 saturated heterocycles. The topological polar surface area (TPSA) is 75.1 Å². The molecule has 0 aliphatic carbocycles. The van der Waals surface area contributed by atoms with E-state index >= 15 is 0 Å². The molecular formula is C21H23FN6O. The first kappa shape index (κ1) is 18.9. The van der Waals surface area contributed by atoms with E-state index in [1.54, 1.807) is 35.3 Å². The number of aryl methyl sites for hydroxylation is 1. The lowest BCUT2D eigenvalue weighted by Gasteiger charge is -2.20. The van der Waals surface area contributed by atoms with Gasteiger partial charge >= 0.3 is 6.03 Å². The number of anilines is 2. The zero-order valence-corrected chi connectivity index (χ0v) is 16.2. The molecule has 1 aliphatic heterocycles. The first-order valence-electron chi connectivity index (χ1n) is 9.61. The van der Waals surface area contributed by atoms with Gasteiger partial charge in [0.15, 0.2) is 0 Å². The Morgan fingerprint density at radius 2 is 2.00 bits per heavy atom. The summed E-state index contributed by atoms with van der Waals surface area (Å²) in [6.45, 7) is 2.03. The predicted molar refractivity (Wildman–Crippen MR) is 109 cm³/mol. The number of nitrogens with zero attached hydrogens (tertiary/aromatic N) is 4. The summed E-state index contributed by atoms with van der Waals surface area (Å²) >= 11 is 0. The Bertz CT molecular complexity index is 981. The van der Waals surface area contributed by atoms with Crippen LogP contribution < -0.4 is 15.5 Å². The normalized spacial score (nSPS) is 14.6. The molecule has 0 radical (unpaired) electrons. The van der Waals surface area contributed by atoms with E-state index in [-0.39, 0.29) is 5.82 Å². The maximum Gasteiger partial charge on any atom is 0.320 e. The third-order valence-corrected chi connectivity index (χ3v) is 5.01. The number of benzene rings is 1. The second-order valence-electron chi connectivity index (χ2n) is 7.08. The summed E-state index contributed by atoms with van der Waals surface area (Å²) in [5.74, 6) is 1.15. The van der Waals surface area contributed by atoms with E-state index < -0.39 is 12.1 Å². The average molecular weight is 394 g/mol. The molecule has 1 aliphatic rings. The summed E-state index contributed by atoms with van der Waals surface area (Å²) in [6.07, 6.45) is 7.42. The van der Waals surface area contributed by atoms with Crippen LogP contribution in [0, 0.1) is 5.82 Å². The second kappa shape index (κ2) is 8.30. The van der Waals surface area contributed by atoms with E-state index in [2.05, 4.69) is 25.5 Å². The average Bonchev–Trinajstić information content (AvgIpc) is 3.39. The lowest BCUT2D eigenvalue weighted by molar-refractivity contribution is 0.249. The van der Waals surface area contributed by atoms with Crippen molar-refractivity contribution in [3.63, 3.8) is 0 Å². The van der Waals surface area contributed by atoms with E-state index in [1.165, 1.54) is 25.0 Å².